The Bertz CT molecular complexity index is 427. The number of carboxylic acid groups (broad SMARTS) is 1. The average molecular weight is 293 g/mol. The number of amides is 1. The highest BCUT2D eigenvalue weighted by molar-refractivity contribution is 6.42. The highest BCUT2D eigenvalue weighted by Crippen LogP contribution is 2.25. The number of hydrazine groups is 1. The summed E-state index contributed by atoms with van der Waals surface area (Å²) in [6.45, 7) is 1.68. The Morgan fingerprint density at radius 3 is 2.72 bits per heavy atom. The van der Waals surface area contributed by atoms with Crippen LogP contribution in [0.2, 0.25) is 10.0 Å². The van der Waals surface area contributed by atoms with Gasteiger partial charge in [0.1, 0.15) is 0 Å². The lowest BCUT2D eigenvalue weighted by Gasteiger charge is -2.21. The van der Waals surface area contributed by atoms with Crippen LogP contribution in [-0.4, -0.2) is 34.0 Å². The van der Waals surface area contributed by atoms with Crippen molar-refractivity contribution in [2.75, 3.05) is 6.54 Å². The van der Waals surface area contributed by atoms with Crippen LogP contribution in [0.15, 0.2) is 18.2 Å². The largest absolute Gasteiger partial charge is 0.464 e. The van der Waals surface area contributed by atoms with E-state index < -0.39 is 12.2 Å². The van der Waals surface area contributed by atoms with Gasteiger partial charge in [0.05, 0.1) is 22.7 Å². The van der Waals surface area contributed by atoms with Crippen molar-refractivity contribution in [2.24, 2.45) is 0 Å². The highest BCUT2D eigenvalue weighted by atomic mass is 35.5. The lowest BCUT2D eigenvalue weighted by atomic mass is 10.2. The van der Waals surface area contributed by atoms with Crippen LogP contribution in [0.3, 0.4) is 0 Å². The van der Waals surface area contributed by atoms with Gasteiger partial charge in [0.2, 0.25) is 0 Å². The molecule has 18 heavy (non-hydrogen) atoms. The minimum atomic E-state index is -1.17. The molecule has 0 saturated carbocycles. The zero-order valence-corrected chi connectivity index (χ0v) is 11.2. The maximum Gasteiger partial charge on any atom is 0.421 e. The van der Waals surface area contributed by atoms with Crippen molar-refractivity contribution in [1.29, 1.82) is 0 Å². The molecule has 5 nitrogen and oxygen atoms in total. The van der Waals surface area contributed by atoms with E-state index in [-0.39, 0.29) is 13.1 Å². The van der Waals surface area contributed by atoms with Crippen molar-refractivity contribution < 1.29 is 15.0 Å². The van der Waals surface area contributed by atoms with E-state index in [1.807, 2.05) is 0 Å². The summed E-state index contributed by atoms with van der Waals surface area (Å²) in [7, 11) is 0. The minimum absolute atomic E-state index is 0.0342. The van der Waals surface area contributed by atoms with E-state index in [4.69, 9.17) is 28.3 Å². The molecule has 1 atom stereocenters. The molecule has 100 valence electrons. The number of benzene rings is 1. The van der Waals surface area contributed by atoms with E-state index in [1.165, 1.54) is 6.92 Å². The summed E-state index contributed by atoms with van der Waals surface area (Å²) in [4.78, 5) is 10.9. The number of nitrogens with zero attached hydrogens (tertiary/aromatic N) is 1. The van der Waals surface area contributed by atoms with E-state index >= 15 is 0 Å². The number of rotatable bonds is 5. The van der Waals surface area contributed by atoms with E-state index in [0.29, 0.717) is 15.6 Å². The zero-order chi connectivity index (χ0) is 13.7. The van der Waals surface area contributed by atoms with Crippen molar-refractivity contribution >= 4 is 29.3 Å². The molecule has 0 aliphatic rings. The molecule has 0 bridgehead atoms. The molecule has 0 spiro atoms. The molecule has 0 heterocycles. The van der Waals surface area contributed by atoms with Gasteiger partial charge < -0.3 is 10.2 Å². The third kappa shape index (κ3) is 4.34. The van der Waals surface area contributed by atoms with E-state index in [2.05, 4.69) is 5.43 Å². The fourth-order valence-electron chi connectivity index (χ4n) is 1.34. The van der Waals surface area contributed by atoms with Gasteiger partial charge in [-0.25, -0.2) is 15.2 Å². The number of aliphatic hydroxyl groups is 1. The maximum atomic E-state index is 10.9. The lowest BCUT2D eigenvalue weighted by Crippen LogP contribution is -2.45. The van der Waals surface area contributed by atoms with E-state index in [1.54, 1.807) is 18.2 Å². The Kier molecular flexibility index (Phi) is 5.68. The monoisotopic (exact) mass is 292 g/mol. The van der Waals surface area contributed by atoms with Crippen LogP contribution in [0.4, 0.5) is 4.79 Å². The molecule has 0 aliphatic carbocycles. The van der Waals surface area contributed by atoms with Crippen LogP contribution < -0.4 is 5.43 Å². The second-order valence-electron chi connectivity index (χ2n) is 3.79. The lowest BCUT2D eigenvalue weighted by molar-refractivity contribution is 0.0781. The van der Waals surface area contributed by atoms with Crippen molar-refractivity contribution in [3.8, 4) is 0 Å². The van der Waals surface area contributed by atoms with Crippen molar-refractivity contribution in [3.05, 3.63) is 33.8 Å². The van der Waals surface area contributed by atoms with Gasteiger partial charge in [-0.2, -0.15) is 0 Å². The Balaban J connectivity index is 2.67. The van der Waals surface area contributed by atoms with Gasteiger partial charge in [-0.15, -0.1) is 0 Å². The van der Waals surface area contributed by atoms with Gasteiger partial charge in [0.25, 0.3) is 0 Å². The highest BCUT2D eigenvalue weighted by Gasteiger charge is 2.14. The quantitative estimate of drug-likeness (QED) is 0.729. The molecule has 1 aromatic carbocycles. The summed E-state index contributed by atoms with van der Waals surface area (Å²) < 4.78 is 0. The minimum Gasteiger partial charge on any atom is -0.464 e. The second kappa shape index (κ2) is 6.80. The molecule has 3 N–H and O–H groups in total. The Hall–Kier alpha value is -1.01. The summed E-state index contributed by atoms with van der Waals surface area (Å²) in [5.41, 5.74) is 3.35. The molecule has 1 aromatic rings. The number of hydrogen-bond donors (Lipinski definition) is 3. The molecule has 1 amide bonds. The average Bonchev–Trinajstić information content (AvgIpc) is 2.28. The molecule has 7 heteroatoms. The molecule has 0 aliphatic heterocycles. The van der Waals surface area contributed by atoms with Crippen molar-refractivity contribution in [2.45, 2.75) is 19.6 Å². The van der Waals surface area contributed by atoms with Gasteiger partial charge in [0.15, 0.2) is 0 Å². The molecule has 0 fully saturated rings. The number of carbonyl (C=O) groups is 1. The number of nitrogens with one attached hydrogen (secondary N) is 1. The van der Waals surface area contributed by atoms with Crippen LogP contribution >= 0.6 is 23.2 Å². The molecule has 1 unspecified atom stereocenters. The molecular weight excluding hydrogens is 279 g/mol. The topological polar surface area (TPSA) is 72.8 Å². The normalized spacial score (nSPS) is 12.2. The van der Waals surface area contributed by atoms with Crippen LogP contribution in [0.25, 0.3) is 0 Å². The number of hydrogen-bond acceptors (Lipinski definition) is 3. The zero-order valence-electron chi connectivity index (χ0n) is 9.73. The van der Waals surface area contributed by atoms with Gasteiger partial charge >= 0.3 is 6.09 Å². The van der Waals surface area contributed by atoms with Crippen LogP contribution in [0.1, 0.15) is 12.5 Å². The third-order valence-electron chi connectivity index (χ3n) is 2.17. The molecule has 1 rings (SSSR count). The first kappa shape index (κ1) is 15.0. The second-order valence-corrected chi connectivity index (χ2v) is 4.58. The first-order valence-corrected chi connectivity index (χ1v) is 6.02. The van der Waals surface area contributed by atoms with Gasteiger partial charge in [-0.05, 0) is 18.6 Å². The van der Waals surface area contributed by atoms with Gasteiger partial charge in [0, 0.05) is 6.54 Å². The molecule has 0 saturated heterocycles. The number of aliphatic hydroxyl groups excluding tert-OH is 1. The summed E-state index contributed by atoms with van der Waals surface area (Å²) in [6.07, 6.45) is -1.93. The number of halogens is 2. The SMILES string of the molecule is CC(O)CN(NCc1cccc(Cl)c1Cl)C(=O)O. The van der Waals surface area contributed by atoms with Crippen LogP contribution in [0.5, 0.6) is 0 Å². The van der Waals surface area contributed by atoms with Crippen molar-refractivity contribution in [1.82, 2.24) is 10.4 Å². The van der Waals surface area contributed by atoms with Crippen LogP contribution in [0, 0.1) is 0 Å². The summed E-state index contributed by atoms with van der Waals surface area (Å²) in [5.74, 6) is 0. The van der Waals surface area contributed by atoms with E-state index in [0.717, 1.165) is 5.01 Å². The first-order chi connectivity index (χ1) is 8.41. The molecule has 0 aromatic heterocycles. The third-order valence-corrected chi connectivity index (χ3v) is 3.03. The predicted octanol–water partition coefficient (Wildman–Crippen LogP) is 2.36. The smallest absolute Gasteiger partial charge is 0.421 e. The Morgan fingerprint density at radius 2 is 2.17 bits per heavy atom. The van der Waals surface area contributed by atoms with Crippen molar-refractivity contribution in [3.63, 3.8) is 0 Å². The Morgan fingerprint density at radius 1 is 1.50 bits per heavy atom. The van der Waals surface area contributed by atoms with Crippen LogP contribution in [-0.2, 0) is 6.54 Å². The Labute approximate surface area is 115 Å². The summed E-state index contributed by atoms with van der Waals surface area (Å²) in [5, 5.41) is 19.8. The summed E-state index contributed by atoms with van der Waals surface area (Å²) >= 11 is 11.8. The standard InChI is InChI=1S/C11H14Cl2N2O3/c1-7(16)6-15(11(17)18)14-5-8-3-2-4-9(12)10(8)13/h2-4,7,14,16H,5-6H2,1H3,(H,17,18). The fourth-order valence-corrected chi connectivity index (χ4v) is 1.73. The predicted molar refractivity (Wildman–Crippen MR) is 69.7 cm³/mol. The van der Waals surface area contributed by atoms with Gasteiger partial charge in [-0.1, -0.05) is 35.3 Å². The molecular formula is C11H14Cl2N2O3. The fraction of sp³-hybridized carbons (Fsp3) is 0.364. The summed E-state index contributed by atoms with van der Waals surface area (Å²) in [6, 6.07) is 5.12. The van der Waals surface area contributed by atoms with Gasteiger partial charge in [-0.3, -0.25) is 0 Å². The molecule has 0 radical (unpaired) electrons. The van der Waals surface area contributed by atoms with E-state index in [9.17, 15) is 9.90 Å². The maximum absolute atomic E-state index is 10.9. The first-order valence-electron chi connectivity index (χ1n) is 5.26.